The molecule has 4 nitrogen and oxygen atoms in total. The van der Waals surface area contributed by atoms with E-state index in [1.807, 2.05) is 6.07 Å². The molecule has 0 amide bonds. The lowest BCUT2D eigenvalue weighted by atomic mass is 10.0. The van der Waals surface area contributed by atoms with Gasteiger partial charge in [-0.05, 0) is 36.8 Å². The Hall–Kier alpha value is -0.430. The summed E-state index contributed by atoms with van der Waals surface area (Å²) >= 11 is 1.40. The summed E-state index contributed by atoms with van der Waals surface area (Å²) in [4.78, 5) is 1.08. The van der Waals surface area contributed by atoms with E-state index in [9.17, 15) is 8.42 Å². The monoisotopic (exact) mass is 328 g/mol. The highest BCUT2D eigenvalue weighted by molar-refractivity contribution is 7.91. The number of thiophene rings is 1. The average molecular weight is 329 g/mol. The molecule has 0 aromatic carbocycles. The van der Waals surface area contributed by atoms with Gasteiger partial charge < -0.3 is 5.32 Å². The molecule has 0 bridgehead atoms. The van der Waals surface area contributed by atoms with Crippen LogP contribution in [-0.4, -0.2) is 31.9 Å². The topological polar surface area (TPSA) is 49.4 Å². The molecule has 1 aromatic heterocycles. The van der Waals surface area contributed by atoms with E-state index in [-0.39, 0.29) is 0 Å². The van der Waals surface area contributed by atoms with Crippen LogP contribution in [0.5, 0.6) is 0 Å². The number of nitrogens with one attached hydrogen (secondary N) is 1. The molecule has 118 valence electrons. The third-order valence-electron chi connectivity index (χ3n) is 4.61. The van der Waals surface area contributed by atoms with Crippen LogP contribution < -0.4 is 5.32 Å². The fourth-order valence-electron chi connectivity index (χ4n) is 3.41. The van der Waals surface area contributed by atoms with Crippen LogP contribution in [0.4, 0.5) is 0 Å². The van der Waals surface area contributed by atoms with Gasteiger partial charge in [0.25, 0.3) is 10.0 Å². The molecule has 2 aliphatic rings. The van der Waals surface area contributed by atoms with E-state index in [0.717, 1.165) is 24.5 Å². The number of hydrogen-bond donors (Lipinski definition) is 1. The van der Waals surface area contributed by atoms with Crippen molar-refractivity contribution in [2.45, 2.75) is 49.9 Å². The second kappa shape index (κ2) is 5.99. The summed E-state index contributed by atoms with van der Waals surface area (Å²) in [6, 6.07) is 4.11. The Morgan fingerprint density at radius 3 is 2.57 bits per heavy atom. The molecule has 1 aliphatic heterocycles. The van der Waals surface area contributed by atoms with Gasteiger partial charge in [-0.3, -0.25) is 0 Å². The minimum Gasteiger partial charge on any atom is -0.310 e. The van der Waals surface area contributed by atoms with Gasteiger partial charge in [0.05, 0.1) is 0 Å². The van der Waals surface area contributed by atoms with E-state index < -0.39 is 10.0 Å². The number of hydrogen-bond acceptors (Lipinski definition) is 4. The van der Waals surface area contributed by atoms with E-state index in [0.29, 0.717) is 22.1 Å². The predicted octanol–water partition coefficient (Wildman–Crippen LogP) is 2.67. The Kier molecular flexibility index (Phi) is 4.41. The van der Waals surface area contributed by atoms with Crippen molar-refractivity contribution >= 4 is 21.4 Å². The first-order chi connectivity index (χ1) is 9.96. The molecule has 1 saturated heterocycles. The summed E-state index contributed by atoms with van der Waals surface area (Å²) in [6.45, 7) is 6.38. The molecule has 1 N–H and O–H groups in total. The lowest BCUT2D eigenvalue weighted by Gasteiger charge is -2.15. The van der Waals surface area contributed by atoms with Crippen LogP contribution in [-0.2, 0) is 16.6 Å². The Bertz CT molecular complexity index is 583. The molecule has 3 rings (SSSR count). The van der Waals surface area contributed by atoms with Crippen molar-refractivity contribution in [1.82, 2.24) is 9.62 Å². The first-order valence-corrected chi connectivity index (χ1v) is 10.0. The van der Waals surface area contributed by atoms with E-state index in [1.165, 1.54) is 30.6 Å². The molecule has 0 radical (unpaired) electrons. The average Bonchev–Trinajstić information content (AvgIpc) is 3.11. The van der Waals surface area contributed by atoms with Crippen LogP contribution >= 0.6 is 11.3 Å². The van der Waals surface area contributed by atoms with Gasteiger partial charge in [-0.15, -0.1) is 11.3 Å². The maximum Gasteiger partial charge on any atom is 0.252 e. The Morgan fingerprint density at radius 1 is 1.29 bits per heavy atom. The first-order valence-electron chi connectivity index (χ1n) is 7.79. The Labute approximate surface area is 131 Å². The van der Waals surface area contributed by atoms with Gasteiger partial charge in [-0.2, -0.15) is 4.31 Å². The smallest absolute Gasteiger partial charge is 0.252 e. The lowest BCUT2D eigenvalue weighted by Crippen LogP contribution is -2.29. The van der Waals surface area contributed by atoms with Gasteiger partial charge in [-0.1, -0.05) is 20.3 Å². The van der Waals surface area contributed by atoms with E-state index >= 15 is 0 Å². The molecule has 1 saturated carbocycles. The van der Waals surface area contributed by atoms with Gasteiger partial charge in [0.15, 0.2) is 0 Å². The lowest BCUT2D eigenvalue weighted by molar-refractivity contribution is 0.447. The third-order valence-corrected chi connectivity index (χ3v) is 7.99. The maximum absolute atomic E-state index is 12.7. The number of fused-ring (bicyclic) bond motifs is 1. The van der Waals surface area contributed by atoms with E-state index in [1.54, 1.807) is 10.4 Å². The number of rotatable bonds is 5. The van der Waals surface area contributed by atoms with Crippen LogP contribution in [0.3, 0.4) is 0 Å². The molecule has 1 aliphatic carbocycles. The molecule has 1 aromatic rings. The molecule has 6 heteroatoms. The van der Waals surface area contributed by atoms with Crippen molar-refractivity contribution < 1.29 is 8.42 Å². The second-order valence-electron chi connectivity index (χ2n) is 6.53. The van der Waals surface area contributed by atoms with Crippen LogP contribution in [0.2, 0.25) is 0 Å². The van der Waals surface area contributed by atoms with Crippen LogP contribution in [0, 0.1) is 11.8 Å². The van der Waals surface area contributed by atoms with E-state index in [4.69, 9.17) is 0 Å². The molecular weight excluding hydrogens is 304 g/mol. The zero-order chi connectivity index (χ0) is 15.0. The summed E-state index contributed by atoms with van der Waals surface area (Å²) in [5, 5.41) is 3.33. The van der Waals surface area contributed by atoms with Gasteiger partial charge in [0.1, 0.15) is 4.21 Å². The van der Waals surface area contributed by atoms with Gasteiger partial charge >= 0.3 is 0 Å². The van der Waals surface area contributed by atoms with Crippen LogP contribution in [0.15, 0.2) is 16.3 Å². The van der Waals surface area contributed by atoms with Crippen LogP contribution in [0.1, 0.15) is 38.0 Å². The molecule has 2 unspecified atom stereocenters. The molecule has 2 fully saturated rings. The second-order valence-corrected chi connectivity index (χ2v) is 9.86. The van der Waals surface area contributed by atoms with Crippen molar-refractivity contribution in [3.05, 3.63) is 17.0 Å². The summed E-state index contributed by atoms with van der Waals surface area (Å²) in [5.74, 6) is 1.20. The highest BCUT2D eigenvalue weighted by Crippen LogP contribution is 2.40. The molecule has 2 atom stereocenters. The summed E-state index contributed by atoms with van der Waals surface area (Å²) in [5.41, 5.74) is 0. The minimum absolute atomic E-state index is 0.408. The highest BCUT2D eigenvalue weighted by Gasteiger charge is 2.41. The fraction of sp³-hybridized carbons (Fsp3) is 0.733. The van der Waals surface area contributed by atoms with Crippen LogP contribution in [0.25, 0.3) is 0 Å². The zero-order valence-corrected chi connectivity index (χ0v) is 14.3. The largest absolute Gasteiger partial charge is 0.310 e. The Morgan fingerprint density at radius 2 is 1.95 bits per heavy atom. The van der Waals surface area contributed by atoms with Crippen molar-refractivity contribution in [2.75, 3.05) is 13.1 Å². The number of nitrogens with zero attached hydrogens (tertiary/aromatic N) is 1. The minimum atomic E-state index is -3.27. The molecule has 0 spiro atoms. The van der Waals surface area contributed by atoms with Crippen molar-refractivity contribution in [3.63, 3.8) is 0 Å². The Balaban J connectivity index is 1.70. The summed E-state index contributed by atoms with van der Waals surface area (Å²) < 4.78 is 27.7. The maximum atomic E-state index is 12.7. The quantitative estimate of drug-likeness (QED) is 0.904. The number of sulfonamides is 1. The fourth-order valence-corrected chi connectivity index (χ4v) is 6.43. The van der Waals surface area contributed by atoms with Gasteiger partial charge in [-0.25, -0.2) is 8.42 Å². The van der Waals surface area contributed by atoms with Crippen molar-refractivity contribution in [3.8, 4) is 0 Å². The third kappa shape index (κ3) is 3.18. The molecular formula is C15H24N2O2S2. The van der Waals surface area contributed by atoms with Gasteiger partial charge in [0.2, 0.25) is 0 Å². The summed E-state index contributed by atoms with van der Waals surface area (Å²) in [6.07, 6.45) is 3.67. The highest BCUT2D eigenvalue weighted by atomic mass is 32.2. The summed E-state index contributed by atoms with van der Waals surface area (Å²) in [7, 11) is -3.27. The van der Waals surface area contributed by atoms with E-state index in [2.05, 4.69) is 19.2 Å². The molecule has 21 heavy (non-hydrogen) atoms. The zero-order valence-electron chi connectivity index (χ0n) is 12.7. The SMILES string of the molecule is CC(C)NCc1ccc(S(=O)(=O)N2CC3CCCC3C2)s1. The first kappa shape index (κ1) is 15.5. The predicted molar refractivity (Wildman–Crippen MR) is 85.9 cm³/mol. The normalized spacial score (nSPS) is 26.6. The molecule has 2 heterocycles. The standard InChI is InChI=1S/C15H24N2O2S2/c1-11(2)16-8-14-6-7-15(20-14)21(18,19)17-9-12-4-3-5-13(12)10-17/h6-7,11-13,16H,3-5,8-10H2,1-2H3. The van der Waals surface area contributed by atoms with Gasteiger partial charge in [0, 0.05) is 30.6 Å². The van der Waals surface area contributed by atoms with Crippen molar-refractivity contribution in [2.24, 2.45) is 11.8 Å². The van der Waals surface area contributed by atoms with Crippen molar-refractivity contribution in [1.29, 1.82) is 0 Å².